The van der Waals surface area contributed by atoms with Crippen molar-refractivity contribution in [2.75, 3.05) is 19.6 Å². The minimum atomic E-state index is 0.486. The molecule has 2 heterocycles. The molecule has 0 aromatic carbocycles. The Hall–Kier alpha value is -1.29. The van der Waals surface area contributed by atoms with Gasteiger partial charge in [-0.2, -0.15) is 4.91 Å². The maximum absolute atomic E-state index is 10.2. The summed E-state index contributed by atoms with van der Waals surface area (Å²) in [5.74, 6) is 0.500. The van der Waals surface area contributed by atoms with Crippen LogP contribution in [0.25, 0.3) is 0 Å². The molecule has 0 radical (unpaired) electrons. The lowest BCUT2D eigenvalue weighted by Crippen LogP contribution is -2.34. The monoisotopic (exact) mass is 233 g/mol. The molecular formula is C13H19N3O. The fourth-order valence-electron chi connectivity index (χ4n) is 2.28. The summed E-state index contributed by atoms with van der Waals surface area (Å²) in [6.07, 6.45) is 4.13. The Kier molecular flexibility index (Phi) is 4.20. The Balaban J connectivity index is 1.81. The highest BCUT2D eigenvalue weighted by Crippen LogP contribution is 2.19. The maximum Gasteiger partial charge on any atom is 0.0840 e. The van der Waals surface area contributed by atoms with Crippen LogP contribution in [0.15, 0.2) is 23.5 Å². The highest BCUT2D eigenvalue weighted by molar-refractivity contribution is 5.13. The van der Waals surface area contributed by atoms with Crippen LogP contribution in [0.1, 0.15) is 24.1 Å². The van der Waals surface area contributed by atoms with E-state index in [1.54, 1.807) is 0 Å². The van der Waals surface area contributed by atoms with Crippen molar-refractivity contribution in [2.24, 2.45) is 11.1 Å². The van der Waals surface area contributed by atoms with Crippen molar-refractivity contribution in [3.8, 4) is 0 Å². The van der Waals surface area contributed by atoms with E-state index in [9.17, 15) is 4.91 Å². The molecule has 0 spiro atoms. The topological polar surface area (TPSA) is 45.6 Å². The van der Waals surface area contributed by atoms with Crippen LogP contribution in [-0.4, -0.2) is 29.5 Å². The van der Waals surface area contributed by atoms with E-state index in [1.165, 1.54) is 5.56 Å². The van der Waals surface area contributed by atoms with Crippen molar-refractivity contribution >= 4 is 0 Å². The molecule has 0 atom stereocenters. The molecule has 0 saturated carbocycles. The molecule has 17 heavy (non-hydrogen) atoms. The van der Waals surface area contributed by atoms with Gasteiger partial charge < -0.3 is 0 Å². The van der Waals surface area contributed by atoms with Crippen LogP contribution in [0, 0.1) is 17.7 Å². The summed E-state index contributed by atoms with van der Waals surface area (Å²) in [5, 5.41) is 3.00. The summed E-state index contributed by atoms with van der Waals surface area (Å²) < 4.78 is 0. The molecular weight excluding hydrogens is 214 g/mol. The molecule has 1 aromatic heterocycles. The zero-order valence-corrected chi connectivity index (χ0v) is 10.3. The molecule has 0 aliphatic carbocycles. The Bertz CT molecular complexity index is 355. The number of hydrogen-bond donors (Lipinski definition) is 0. The third-order valence-corrected chi connectivity index (χ3v) is 3.42. The van der Waals surface area contributed by atoms with Gasteiger partial charge in [-0.1, -0.05) is 11.2 Å². The lowest BCUT2D eigenvalue weighted by Gasteiger charge is -2.30. The van der Waals surface area contributed by atoms with Crippen LogP contribution in [0.4, 0.5) is 0 Å². The highest BCUT2D eigenvalue weighted by Gasteiger charge is 2.19. The van der Waals surface area contributed by atoms with Gasteiger partial charge in [0.25, 0.3) is 0 Å². The summed E-state index contributed by atoms with van der Waals surface area (Å²) in [5.41, 5.74) is 2.33. The summed E-state index contributed by atoms with van der Waals surface area (Å²) in [7, 11) is 0. The molecule has 1 aliphatic rings. The number of aryl methyl sites for hydroxylation is 1. The number of rotatable bonds is 4. The van der Waals surface area contributed by atoms with E-state index in [0.717, 1.165) is 38.2 Å². The van der Waals surface area contributed by atoms with E-state index in [4.69, 9.17) is 0 Å². The van der Waals surface area contributed by atoms with E-state index in [0.29, 0.717) is 12.5 Å². The molecule has 1 saturated heterocycles. The third kappa shape index (κ3) is 3.60. The van der Waals surface area contributed by atoms with Gasteiger partial charge in [0.1, 0.15) is 0 Å². The van der Waals surface area contributed by atoms with Gasteiger partial charge in [-0.25, -0.2) is 0 Å². The van der Waals surface area contributed by atoms with Crippen molar-refractivity contribution in [1.82, 2.24) is 9.88 Å². The van der Waals surface area contributed by atoms with Gasteiger partial charge in [-0.05, 0) is 50.4 Å². The van der Waals surface area contributed by atoms with Crippen LogP contribution in [0.2, 0.25) is 0 Å². The van der Waals surface area contributed by atoms with Crippen LogP contribution in [-0.2, 0) is 6.54 Å². The zero-order chi connectivity index (χ0) is 12.1. The Morgan fingerprint density at radius 2 is 2.18 bits per heavy atom. The van der Waals surface area contributed by atoms with E-state index >= 15 is 0 Å². The predicted octanol–water partition coefficient (Wildman–Crippen LogP) is 2.37. The third-order valence-electron chi connectivity index (χ3n) is 3.42. The van der Waals surface area contributed by atoms with Gasteiger partial charge in [0.15, 0.2) is 0 Å². The van der Waals surface area contributed by atoms with Crippen LogP contribution in [0.5, 0.6) is 0 Å². The number of aromatic nitrogens is 1. The summed E-state index contributed by atoms with van der Waals surface area (Å²) in [4.78, 5) is 16.9. The van der Waals surface area contributed by atoms with Crippen molar-refractivity contribution in [1.29, 1.82) is 0 Å². The van der Waals surface area contributed by atoms with Crippen molar-refractivity contribution in [3.05, 3.63) is 34.5 Å². The summed E-state index contributed by atoms with van der Waals surface area (Å²) in [6.45, 7) is 5.58. The van der Waals surface area contributed by atoms with Crippen molar-refractivity contribution in [2.45, 2.75) is 26.3 Å². The minimum Gasteiger partial charge on any atom is -0.299 e. The lowest BCUT2D eigenvalue weighted by atomic mass is 9.97. The average Bonchev–Trinajstić information content (AvgIpc) is 2.35. The smallest absolute Gasteiger partial charge is 0.0840 e. The second-order valence-corrected chi connectivity index (χ2v) is 4.84. The molecule has 0 amide bonds. The number of nitrogens with zero attached hydrogens (tertiary/aromatic N) is 3. The van der Waals surface area contributed by atoms with E-state index < -0.39 is 0 Å². The first kappa shape index (κ1) is 12.2. The van der Waals surface area contributed by atoms with E-state index in [1.807, 2.05) is 13.1 Å². The first-order chi connectivity index (χ1) is 8.28. The quantitative estimate of drug-likeness (QED) is 0.750. The number of piperidine rings is 1. The van der Waals surface area contributed by atoms with Gasteiger partial charge in [0.05, 0.1) is 6.54 Å². The standard InChI is InChI=1S/C13H19N3O/c1-11-2-3-13(8-14-11)10-16-6-4-12(5-7-16)9-15-17/h2-3,8,12H,4-7,9-10H2,1H3. The Morgan fingerprint density at radius 3 is 2.76 bits per heavy atom. The normalized spacial score (nSPS) is 18.2. The number of nitroso groups, excluding NO2 is 1. The molecule has 0 bridgehead atoms. The van der Waals surface area contributed by atoms with Gasteiger partial charge in [0.2, 0.25) is 0 Å². The molecule has 0 unspecified atom stereocenters. The average molecular weight is 233 g/mol. The number of likely N-dealkylation sites (tertiary alicyclic amines) is 1. The van der Waals surface area contributed by atoms with Crippen LogP contribution >= 0.6 is 0 Å². The maximum atomic E-state index is 10.2. The minimum absolute atomic E-state index is 0.486. The predicted molar refractivity (Wildman–Crippen MR) is 67.6 cm³/mol. The fraction of sp³-hybridized carbons (Fsp3) is 0.615. The largest absolute Gasteiger partial charge is 0.299 e. The van der Waals surface area contributed by atoms with Crippen molar-refractivity contribution in [3.63, 3.8) is 0 Å². The number of hydrogen-bond acceptors (Lipinski definition) is 4. The number of pyridine rings is 1. The second kappa shape index (κ2) is 5.87. The highest BCUT2D eigenvalue weighted by atomic mass is 16.3. The second-order valence-electron chi connectivity index (χ2n) is 4.84. The Labute approximate surface area is 102 Å². The first-order valence-corrected chi connectivity index (χ1v) is 6.21. The molecule has 0 N–H and O–H groups in total. The molecule has 2 rings (SSSR count). The molecule has 1 aromatic rings. The van der Waals surface area contributed by atoms with Gasteiger partial charge in [-0.15, -0.1) is 0 Å². The molecule has 4 heteroatoms. The lowest BCUT2D eigenvalue weighted by molar-refractivity contribution is 0.180. The van der Waals surface area contributed by atoms with Crippen LogP contribution in [0.3, 0.4) is 0 Å². The van der Waals surface area contributed by atoms with Crippen LogP contribution < -0.4 is 0 Å². The van der Waals surface area contributed by atoms with Gasteiger partial charge >= 0.3 is 0 Å². The summed E-state index contributed by atoms with van der Waals surface area (Å²) >= 11 is 0. The van der Waals surface area contributed by atoms with Gasteiger partial charge in [0, 0.05) is 18.4 Å². The molecule has 1 aliphatic heterocycles. The van der Waals surface area contributed by atoms with Gasteiger partial charge in [-0.3, -0.25) is 9.88 Å². The van der Waals surface area contributed by atoms with E-state index in [-0.39, 0.29) is 0 Å². The fourth-order valence-corrected chi connectivity index (χ4v) is 2.28. The molecule has 92 valence electrons. The first-order valence-electron chi connectivity index (χ1n) is 6.21. The summed E-state index contributed by atoms with van der Waals surface area (Å²) in [6, 6.07) is 4.19. The zero-order valence-electron chi connectivity index (χ0n) is 10.3. The molecule has 1 fully saturated rings. The van der Waals surface area contributed by atoms with E-state index in [2.05, 4.69) is 27.2 Å². The molecule has 4 nitrogen and oxygen atoms in total. The SMILES string of the molecule is Cc1ccc(CN2CCC(CN=O)CC2)cn1. The Morgan fingerprint density at radius 1 is 1.41 bits per heavy atom. The van der Waals surface area contributed by atoms with Crippen molar-refractivity contribution < 1.29 is 0 Å².